The summed E-state index contributed by atoms with van der Waals surface area (Å²) in [6, 6.07) is 20.8. The van der Waals surface area contributed by atoms with Gasteiger partial charge in [0, 0.05) is 39.9 Å². The molecule has 3 heterocycles. The summed E-state index contributed by atoms with van der Waals surface area (Å²) < 4.78 is 15.2. The van der Waals surface area contributed by atoms with Gasteiger partial charge in [0.15, 0.2) is 0 Å². The summed E-state index contributed by atoms with van der Waals surface area (Å²) >= 11 is 0. The number of nitrogens with two attached hydrogens (primary N) is 1. The molecule has 216 valence electrons. The van der Waals surface area contributed by atoms with Crippen LogP contribution in [0.2, 0.25) is 0 Å². The maximum Gasteiger partial charge on any atom is 0.248 e. The Morgan fingerprint density at radius 2 is 1.88 bits per heavy atom. The molecule has 9 heteroatoms. The number of nitrogens with zero attached hydrogens (tertiary/aromatic N) is 4. The average Bonchev–Trinajstić information content (AvgIpc) is 3.52. The van der Waals surface area contributed by atoms with E-state index >= 15 is 0 Å². The Morgan fingerprint density at radius 1 is 1.10 bits per heavy atom. The number of amides is 1. The minimum Gasteiger partial charge on any atom is -0.491 e. The van der Waals surface area contributed by atoms with Gasteiger partial charge < -0.3 is 20.3 Å². The molecule has 1 amide bonds. The number of hydrogen-bond acceptors (Lipinski definition) is 6. The Hall–Kier alpha value is -4.47. The largest absolute Gasteiger partial charge is 0.491 e. The van der Waals surface area contributed by atoms with Crippen LogP contribution in [0.25, 0.3) is 27.8 Å². The van der Waals surface area contributed by atoms with E-state index in [1.807, 2.05) is 59.4 Å². The third kappa shape index (κ3) is 5.29. The third-order valence-electron chi connectivity index (χ3n) is 7.79. The van der Waals surface area contributed by atoms with Crippen molar-refractivity contribution in [3.63, 3.8) is 0 Å². The van der Waals surface area contributed by atoms with Crippen molar-refractivity contribution in [3.05, 3.63) is 95.3 Å². The lowest BCUT2D eigenvalue weighted by Crippen LogP contribution is -2.32. The van der Waals surface area contributed by atoms with Crippen LogP contribution in [0.5, 0.6) is 5.75 Å². The van der Waals surface area contributed by atoms with Gasteiger partial charge in [-0.15, -0.1) is 0 Å². The van der Waals surface area contributed by atoms with E-state index < -0.39 is 12.0 Å². The standard InChI is InChI=1S/C33H35N5O4/c1-20(2)31-21(3)38(28-13-12-24(33(34)40)14-30(28)42-19-22-17-41-18-22)36-32(31)25-10-7-11-27-26(25)15-37(35-27)16-29(39)23-8-5-4-6-9-23/h4-15,20,22,29,39H,16-19H2,1-3H3,(H2,34,40). The van der Waals surface area contributed by atoms with Gasteiger partial charge in [-0.3, -0.25) is 9.48 Å². The number of hydrogen-bond donors (Lipinski definition) is 2. The molecule has 2 aromatic heterocycles. The Bertz CT molecular complexity index is 1740. The zero-order valence-corrected chi connectivity index (χ0v) is 24.0. The van der Waals surface area contributed by atoms with E-state index in [0.29, 0.717) is 43.6 Å². The minimum atomic E-state index is -0.676. The molecule has 1 fully saturated rings. The summed E-state index contributed by atoms with van der Waals surface area (Å²) in [5.74, 6) is 0.525. The first-order valence-corrected chi connectivity index (χ1v) is 14.2. The monoisotopic (exact) mass is 565 g/mol. The van der Waals surface area contributed by atoms with Gasteiger partial charge in [-0.1, -0.05) is 56.3 Å². The van der Waals surface area contributed by atoms with Crippen molar-refractivity contribution in [2.45, 2.75) is 39.3 Å². The molecule has 0 radical (unpaired) electrons. The lowest BCUT2D eigenvalue weighted by molar-refractivity contribution is -0.0508. The van der Waals surface area contributed by atoms with E-state index in [0.717, 1.165) is 44.7 Å². The number of primary amides is 1. The van der Waals surface area contributed by atoms with Crippen LogP contribution in [-0.4, -0.2) is 50.4 Å². The highest BCUT2D eigenvalue weighted by Crippen LogP contribution is 2.38. The molecule has 1 unspecified atom stereocenters. The molecule has 0 saturated carbocycles. The van der Waals surface area contributed by atoms with E-state index in [-0.39, 0.29) is 5.92 Å². The van der Waals surface area contributed by atoms with Crippen molar-refractivity contribution in [1.29, 1.82) is 0 Å². The van der Waals surface area contributed by atoms with Crippen molar-refractivity contribution in [3.8, 4) is 22.7 Å². The van der Waals surface area contributed by atoms with Gasteiger partial charge in [0.05, 0.1) is 43.7 Å². The predicted molar refractivity (Wildman–Crippen MR) is 161 cm³/mol. The Labute approximate surface area is 244 Å². The summed E-state index contributed by atoms with van der Waals surface area (Å²) in [5, 5.41) is 21.7. The van der Waals surface area contributed by atoms with Gasteiger partial charge in [-0.05, 0) is 42.7 Å². The molecule has 5 aromatic rings. The molecule has 6 rings (SSSR count). The molecule has 1 aliphatic heterocycles. The number of fused-ring (bicyclic) bond motifs is 1. The van der Waals surface area contributed by atoms with Gasteiger partial charge in [-0.2, -0.15) is 10.2 Å². The van der Waals surface area contributed by atoms with Crippen LogP contribution >= 0.6 is 0 Å². The van der Waals surface area contributed by atoms with Crippen molar-refractivity contribution >= 4 is 16.8 Å². The smallest absolute Gasteiger partial charge is 0.248 e. The van der Waals surface area contributed by atoms with Crippen LogP contribution in [0.4, 0.5) is 0 Å². The second kappa shape index (κ2) is 11.4. The first-order valence-electron chi connectivity index (χ1n) is 14.2. The van der Waals surface area contributed by atoms with E-state index in [1.165, 1.54) is 0 Å². The number of benzene rings is 3. The molecule has 42 heavy (non-hydrogen) atoms. The quantitative estimate of drug-likeness (QED) is 0.241. The van der Waals surface area contributed by atoms with E-state index in [9.17, 15) is 9.90 Å². The Balaban J connectivity index is 1.42. The minimum absolute atomic E-state index is 0.181. The summed E-state index contributed by atoms with van der Waals surface area (Å²) in [4.78, 5) is 12.0. The van der Waals surface area contributed by atoms with Gasteiger partial charge in [0.1, 0.15) is 11.4 Å². The van der Waals surface area contributed by atoms with Gasteiger partial charge in [-0.25, -0.2) is 4.68 Å². The molecule has 1 atom stereocenters. The topological polar surface area (TPSA) is 117 Å². The van der Waals surface area contributed by atoms with Crippen molar-refractivity contribution in [1.82, 2.24) is 19.6 Å². The second-order valence-electron chi connectivity index (χ2n) is 11.2. The fraction of sp³-hybridized carbons (Fsp3) is 0.303. The van der Waals surface area contributed by atoms with E-state index in [4.69, 9.17) is 25.4 Å². The van der Waals surface area contributed by atoms with Crippen LogP contribution in [0, 0.1) is 12.8 Å². The maximum atomic E-state index is 12.0. The molecule has 3 N–H and O–H groups in total. The van der Waals surface area contributed by atoms with Gasteiger partial charge >= 0.3 is 0 Å². The highest BCUT2D eigenvalue weighted by atomic mass is 16.5. The molecule has 3 aromatic carbocycles. The third-order valence-corrected chi connectivity index (χ3v) is 7.79. The second-order valence-corrected chi connectivity index (χ2v) is 11.2. The fourth-order valence-electron chi connectivity index (χ4n) is 5.54. The normalized spacial score (nSPS) is 14.3. The molecule has 0 aliphatic carbocycles. The zero-order valence-electron chi connectivity index (χ0n) is 24.0. The zero-order chi connectivity index (χ0) is 29.4. The van der Waals surface area contributed by atoms with Crippen LogP contribution in [0.15, 0.2) is 72.9 Å². The number of rotatable bonds is 10. The fourth-order valence-corrected chi connectivity index (χ4v) is 5.54. The predicted octanol–water partition coefficient (Wildman–Crippen LogP) is 5.18. The molecule has 1 aliphatic rings. The molecular weight excluding hydrogens is 530 g/mol. The summed E-state index contributed by atoms with van der Waals surface area (Å²) in [5.41, 5.74) is 12.3. The van der Waals surface area contributed by atoms with Crippen LogP contribution < -0.4 is 10.5 Å². The lowest BCUT2D eigenvalue weighted by Gasteiger charge is -2.26. The summed E-state index contributed by atoms with van der Waals surface area (Å²) in [7, 11) is 0. The Kier molecular flexibility index (Phi) is 7.53. The summed E-state index contributed by atoms with van der Waals surface area (Å²) in [6.07, 6.45) is 1.30. The van der Waals surface area contributed by atoms with Crippen LogP contribution in [0.1, 0.15) is 53.0 Å². The van der Waals surface area contributed by atoms with Crippen molar-refractivity contribution in [2.24, 2.45) is 11.7 Å². The van der Waals surface area contributed by atoms with E-state index in [2.05, 4.69) is 26.8 Å². The first-order chi connectivity index (χ1) is 20.3. The van der Waals surface area contributed by atoms with Gasteiger partial charge in [0.2, 0.25) is 5.91 Å². The molecule has 9 nitrogen and oxygen atoms in total. The van der Waals surface area contributed by atoms with Crippen molar-refractivity contribution < 1.29 is 19.4 Å². The number of aliphatic hydroxyl groups excluding tert-OH is 1. The lowest BCUT2D eigenvalue weighted by atomic mass is 9.95. The van der Waals surface area contributed by atoms with Crippen LogP contribution in [-0.2, 0) is 11.3 Å². The molecule has 1 saturated heterocycles. The highest BCUT2D eigenvalue weighted by Gasteiger charge is 2.25. The summed E-state index contributed by atoms with van der Waals surface area (Å²) in [6.45, 7) is 8.50. The molecule has 0 bridgehead atoms. The number of ether oxygens (including phenoxy) is 2. The molecule has 0 spiro atoms. The van der Waals surface area contributed by atoms with Crippen LogP contribution in [0.3, 0.4) is 0 Å². The van der Waals surface area contributed by atoms with Crippen molar-refractivity contribution in [2.75, 3.05) is 19.8 Å². The number of aliphatic hydroxyl groups is 1. The average molecular weight is 566 g/mol. The number of carbonyl (C=O) groups is 1. The first kappa shape index (κ1) is 27.7. The number of aromatic nitrogens is 4. The molecular formula is C33H35N5O4. The maximum absolute atomic E-state index is 12.0. The van der Waals surface area contributed by atoms with Gasteiger partial charge in [0.25, 0.3) is 0 Å². The SMILES string of the molecule is Cc1c(C(C)C)c(-c2cccc3nn(CC(O)c4ccccc4)cc23)nn1-c1ccc(C(N)=O)cc1OCC1COC1. The van der Waals surface area contributed by atoms with E-state index in [1.54, 1.807) is 16.8 Å². The number of carbonyl (C=O) groups excluding carboxylic acids is 1. The Morgan fingerprint density at radius 3 is 2.57 bits per heavy atom. The highest BCUT2D eigenvalue weighted by molar-refractivity contribution is 5.95.